The van der Waals surface area contributed by atoms with Crippen LogP contribution in [0.5, 0.6) is 0 Å². The number of hydrogen-bond donors (Lipinski definition) is 1. The Bertz CT molecular complexity index is 251. The lowest BCUT2D eigenvalue weighted by molar-refractivity contribution is 0.116. The minimum atomic E-state index is -2.47. The summed E-state index contributed by atoms with van der Waals surface area (Å²) in [5, 5.41) is 1.74. The van der Waals surface area contributed by atoms with Crippen molar-refractivity contribution in [1.29, 1.82) is 0 Å². The van der Waals surface area contributed by atoms with Crippen LogP contribution in [0.3, 0.4) is 0 Å². The Labute approximate surface area is 78.1 Å². The van der Waals surface area contributed by atoms with E-state index in [-0.39, 0.29) is 6.42 Å². The maximum atomic E-state index is 12.0. The summed E-state index contributed by atoms with van der Waals surface area (Å²) in [6.45, 7) is 0. The zero-order chi connectivity index (χ0) is 9.14. The number of halogens is 3. The standard InChI is InChI=1S/C7H8ClF2NS/c8-6-2-4(3-12-6)1-5(11)7(9)10/h2-3,5,7H,1,11H2. The van der Waals surface area contributed by atoms with Crippen LogP contribution in [-0.2, 0) is 6.42 Å². The molecule has 0 amide bonds. The third-order valence-electron chi connectivity index (χ3n) is 1.42. The van der Waals surface area contributed by atoms with E-state index in [1.165, 1.54) is 11.3 Å². The van der Waals surface area contributed by atoms with Crippen molar-refractivity contribution < 1.29 is 8.78 Å². The minimum absolute atomic E-state index is 0.181. The number of rotatable bonds is 3. The van der Waals surface area contributed by atoms with Gasteiger partial charge < -0.3 is 5.73 Å². The molecule has 1 aromatic heterocycles. The van der Waals surface area contributed by atoms with E-state index in [0.717, 1.165) is 5.56 Å². The zero-order valence-corrected chi connectivity index (χ0v) is 7.71. The molecule has 12 heavy (non-hydrogen) atoms. The molecule has 1 heterocycles. The zero-order valence-electron chi connectivity index (χ0n) is 6.14. The maximum Gasteiger partial charge on any atom is 0.253 e. The van der Waals surface area contributed by atoms with Crippen molar-refractivity contribution in [3.63, 3.8) is 0 Å². The molecular formula is C7H8ClF2NS. The minimum Gasteiger partial charge on any atom is -0.323 e. The molecule has 2 N–H and O–H groups in total. The van der Waals surface area contributed by atoms with Gasteiger partial charge in [0.2, 0.25) is 0 Å². The van der Waals surface area contributed by atoms with Gasteiger partial charge in [0.25, 0.3) is 6.43 Å². The Hall–Kier alpha value is -0.190. The molecule has 0 radical (unpaired) electrons. The van der Waals surface area contributed by atoms with Crippen LogP contribution in [0.1, 0.15) is 5.56 Å². The SMILES string of the molecule is NC(Cc1csc(Cl)c1)C(F)F. The highest BCUT2D eigenvalue weighted by atomic mass is 35.5. The van der Waals surface area contributed by atoms with Crippen LogP contribution in [0.4, 0.5) is 8.78 Å². The van der Waals surface area contributed by atoms with Crippen LogP contribution in [-0.4, -0.2) is 12.5 Å². The molecule has 5 heteroatoms. The van der Waals surface area contributed by atoms with Gasteiger partial charge in [0.1, 0.15) is 0 Å². The van der Waals surface area contributed by atoms with Gasteiger partial charge in [-0.3, -0.25) is 0 Å². The van der Waals surface area contributed by atoms with Gasteiger partial charge >= 0.3 is 0 Å². The van der Waals surface area contributed by atoms with Crippen LogP contribution in [0.2, 0.25) is 4.34 Å². The highest BCUT2D eigenvalue weighted by Crippen LogP contribution is 2.21. The third kappa shape index (κ3) is 2.69. The highest BCUT2D eigenvalue weighted by molar-refractivity contribution is 7.14. The van der Waals surface area contributed by atoms with Gasteiger partial charge in [-0.15, -0.1) is 11.3 Å². The molecule has 1 unspecified atom stereocenters. The van der Waals surface area contributed by atoms with Gasteiger partial charge in [-0.1, -0.05) is 11.6 Å². The highest BCUT2D eigenvalue weighted by Gasteiger charge is 2.15. The molecule has 0 saturated heterocycles. The molecule has 0 bridgehead atoms. The Morgan fingerprint density at radius 1 is 1.58 bits per heavy atom. The quantitative estimate of drug-likeness (QED) is 0.817. The fourth-order valence-electron chi connectivity index (χ4n) is 0.814. The summed E-state index contributed by atoms with van der Waals surface area (Å²) in [7, 11) is 0. The maximum absolute atomic E-state index is 12.0. The molecule has 0 spiro atoms. The second-order valence-electron chi connectivity index (χ2n) is 2.46. The summed E-state index contributed by atoms with van der Waals surface area (Å²) in [5.74, 6) is 0. The molecule has 68 valence electrons. The van der Waals surface area contributed by atoms with Crippen LogP contribution in [0, 0.1) is 0 Å². The molecule has 0 aliphatic heterocycles. The third-order valence-corrected chi connectivity index (χ3v) is 2.56. The number of hydrogen-bond acceptors (Lipinski definition) is 2. The molecule has 0 aliphatic carbocycles. The number of alkyl halides is 2. The van der Waals surface area contributed by atoms with Crippen molar-refractivity contribution in [3.05, 3.63) is 21.3 Å². The van der Waals surface area contributed by atoms with Gasteiger partial charge in [-0.05, 0) is 23.4 Å². The summed E-state index contributed by atoms with van der Waals surface area (Å²) in [6.07, 6.45) is -2.29. The van der Waals surface area contributed by atoms with E-state index in [4.69, 9.17) is 17.3 Å². The first-order valence-electron chi connectivity index (χ1n) is 3.36. The van der Waals surface area contributed by atoms with Crippen molar-refractivity contribution in [2.75, 3.05) is 0 Å². The van der Waals surface area contributed by atoms with Gasteiger partial charge in [-0.25, -0.2) is 8.78 Å². The molecule has 1 rings (SSSR count). The molecule has 1 atom stereocenters. The van der Waals surface area contributed by atoms with Gasteiger partial charge in [-0.2, -0.15) is 0 Å². The van der Waals surface area contributed by atoms with Crippen molar-refractivity contribution in [1.82, 2.24) is 0 Å². The molecule has 1 nitrogen and oxygen atoms in total. The van der Waals surface area contributed by atoms with Crippen LogP contribution < -0.4 is 5.73 Å². The molecule has 0 saturated carbocycles. The van der Waals surface area contributed by atoms with Crippen molar-refractivity contribution >= 4 is 22.9 Å². The van der Waals surface area contributed by atoms with Crippen molar-refractivity contribution in [3.8, 4) is 0 Å². The largest absolute Gasteiger partial charge is 0.323 e. The normalized spacial score (nSPS) is 13.8. The van der Waals surface area contributed by atoms with E-state index in [0.29, 0.717) is 4.34 Å². The lowest BCUT2D eigenvalue weighted by Crippen LogP contribution is -2.30. The van der Waals surface area contributed by atoms with Gasteiger partial charge in [0, 0.05) is 0 Å². The monoisotopic (exact) mass is 211 g/mol. The lowest BCUT2D eigenvalue weighted by atomic mass is 10.1. The number of nitrogens with two attached hydrogens (primary N) is 1. The fourth-order valence-corrected chi connectivity index (χ4v) is 1.74. The smallest absolute Gasteiger partial charge is 0.253 e. The summed E-state index contributed by atoms with van der Waals surface area (Å²) in [6, 6.07) is 0.574. The summed E-state index contributed by atoms with van der Waals surface area (Å²) >= 11 is 6.94. The van der Waals surface area contributed by atoms with Crippen LogP contribution >= 0.6 is 22.9 Å². The predicted octanol–water partition coefficient (Wildman–Crippen LogP) is 2.54. The van der Waals surface area contributed by atoms with Gasteiger partial charge in [0.15, 0.2) is 0 Å². The molecular weight excluding hydrogens is 204 g/mol. The Morgan fingerprint density at radius 3 is 2.67 bits per heavy atom. The van der Waals surface area contributed by atoms with Crippen LogP contribution in [0.15, 0.2) is 11.4 Å². The Morgan fingerprint density at radius 2 is 2.25 bits per heavy atom. The average molecular weight is 212 g/mol. The predicted molar refractivity (Wildman–Crippen MR) is 47.0 cm³/mol. The Kier molecular flexibility index (Phi) is 3.43. The van der Waals surface area contributed by atoms with E-state index in [1.807, 2.05) is 0 Å². The van der Waals surface area contributed by atoms with E-state index in [2.05, 4.69) is 0 Å². The van der Waals surface area contributed by atoms with Crippen LogP contribution in [0.25, 0.3) is 0 Å². The average Bonchev–Trinajstić information content (AvgIpc) is 2.35. The molecule has 0 aromatic carbocycles. The van der Waals surface area contributed by atoms with Crippen molar-refractivity contribution in [2.24, 2.45) is 5.73 Å². The topological polar surface area (TPSA) is 26.0 Å². The fraction of sp³-hybridized carbons (Fsp3) is 0.429. The number of thiophene rings is 1. The van der Waals surface area contributed by atoms with E-state index < -0.39 is 12.5 Å². The lowest BCUT2D eigenvalue weighted by Gasteiger charge is -2.07. The second kappa shape index (κ2) is 4.16. The summed E-state index contributed by atoms with van der Waals surface area (Å²) in [5.41, 5.74) is 5.95. The van der Waals surface area contributed by atoms with E-state index in [1.54, 1.807) is 11.4 Å². The van der Waals surface area contributed by atoms with Gasteiger partial charge in [0.05, 0.1) is 10.4 Å². The first-order chi connectivity index (χ1) is 5.59. The van der Waals surface area contributed by atoms with Crippen molar-refractivity contribution in [2.45, 2.75) is 18.9 Å². The molecule has 1 aromatic rings. The van der Waals surface area contributed by atoms with E-state index in [9.17, 15) is 8.78 Å². The second-order valence-corrected chi connectivity index (χ2v) is 4.00. The first-order valence-corrected chi connectivity index (χ1v) is 4.62. The first kappa shape index (κ1) is 9.89. The van der Waals surface area contributed by atoms with E-state index >= 15 is 0 Å². The summed E-state index contributed by atoms with van der Waals surface area (Å²) < 4.78 is 24.5. The Balaban J connectivity index is 2.52. The molecule has 0 fully saturated rings. The summed E-state index contributed by atoms with van der Waals surface area (Å²) in [4.78, 5) is 0. The molecule has 0 aliphatic rings.